The maximum atomic E-state index is 8.94. The van der Waals surface area contributed by atoms with Crippen molar-refractivity contribution in [2.45, 2.75) is 13.8 Å². The van der Waals surface area contributed by atoms with E-state index in [1.165, 1.54) is 21.9 Å². The van der Waals surface area contributed by atoms with E-state index in [1.807, 2.05) is 24.3 Å². The smallest absolute Gasteiger partial charge is 0.0891 e. The van der Waals surface area contributed by atoms with E-state index in [1.54, 1.807) is 13.0 Å². The molecule has 0 fully saturated rings. The van der Waals surface area contributed by atoms with Crippen molar-refractivity contribution in [3.05, 3.63) is 102 Å². The summed E-state index contributed by atoms with van der Waals surface area (Å²) < 4.78 is 0. The summed E-state index contributed by atoms with van der Waals surface area (Å²) >= 11 is 0. The van der Waals surface area contributed by atoms with Gasteiger partial charge in [-0.15, -0.1) is 0 Å². The third kappa shape index (κ3) is 4.85. The van der Waals surface area contributed by atoms with Gasteiger partial charge in [0, 0.05) is 0 Å². The SMILES string of the molecule is C/C(O)=C\C=C1\C=CC=CC1C.C=Cc1cccc2ccccc12. The zero-order valence-corrected chi connectivity index (χ0v) is 14.3. The summed E-state index contributed by atoms with van der Waals surface area (Å²) in [7, 11) is 0. The maximum Gasteiger partial charge on any atom is 0.0891 e. The van der Waals surface area contributed by atoms with Gasteiger partial charge in [-0.25, -0.2) is 0 Å². The van der Waals surface area contributed by atoms with E-state index >= 15 is 0 Å². The van der Waals surface area contributed by atoms with E-state index < -0.39 is 0 Å². The molecule has 0 amide bonds. The Morgan fingerprint density at radius 3 is 2.54 bits per heavy atom. The number of hydrogen-bond acceptors (Lipinski definition) is 1. The summed E-state index contributed by atoms with van der Waals surface area (Å²) in [6, 6.07) is 14.6. The molecule has 1 N–H and O–H groups in total. The lowest BCUT2D eigenvalue weighted by atomic mass is 9.96. The van der Waals surface area contributed by atoms with Gasteiger partial charge in [0.25, 0.3) is 0 Å². The minimum Gasteiger partial charge on any atom is -0.513 e. The normalized spacial score (nSPS) is 18.3. The fraction of sp³-hybridized carbons (Fsp3) is 0.130. The summed E-state index contributed by atoms with van der Waals surface area (Å²) in [5, 5.41) is 11.5. The lowest BCUT2D eigenvalue weighted by Crippen LogP contribution is -1.95. The van der Waals surface area contributed by atoms with Gasteiger partial charge >= 0.3 is 0 Å². The number of hydrogen-bond donors (Lipinski definition) is 1. The monoisotopic (exact) mass is 316 g/mol. The second-order valence-electron chi connectivity index (χ2n) is 5.78. The quantitative estimate of drug-likeness (QED) is 0.617. The van der Waals surface area contributed by atoms with E-state index in [0.29, 0.717) is 11.7 Å². The standard InChI is InChI=1S/C12H10.C11H14O/c1-2-10-7-5-8-11-6-3-4-9-12(10)11;1-9-5-3-4-6-11(9)8-7-10(2)12/h2-9H,1H2;3-9,12H,1-2H3/b;10-7+,11-8-. The minimum atomic E-state index is 0.345. The predicted octanol–water partition coefficient (Wildman–Crippen LogP) is 6.62. The molecule has 24 heavy (non-hydrogen) atoms. The molecule has 0 spiro atoms. The maximum absolute atomic E-state index is 8.94. The highest BCUT2D eigenvalue weighted by atomic mass is 16.3. The molecule has 0 aliphatic heterocycles. The zero-order chi connectivity index (χ0) is 17.4. The van der Waals surface area contributed by atoms with E-state index in [2.05, 4.69) is 68.1 Å². The van der Waals surface area contributed by atoms with Crippen LogP contribution in [0.2, 0.25) is 0 Å². The highest BCUT2D eigenvalue weighted by Gasteiger charge is 2.02. The van der Waals surface area contributed by atoms with Gasteiger partial charge in [-0.05, 0) is 40.8 Å². The Bertz CT molecular complexity index is 810. The van der Waals surface area contributed by atoms with E-state index in [9.17, 15) is 0 Å². The molecular weight excluding hydrogens is 292 g/mol. The van der Waals surface area contributed by atoms with Crippen molar-refractivity contribution < 1.29 is 5.11 Å². The molecule has 1 unspecified atom stereocenters. The van der Waals surface area contributed by atoms with Gasteiger partial charge < -0.3 is 5.11 Å². The Labute approximate surface area is 144 Å². The van der Waals surface area contributed by atoms with Crippen molar-refractivity contribution in [2.75, 3.05) is 0 Å². The Balaban J connectivity index is 0.000000174. The molecule has 1 heteroatoms. The van der Waals surface area contributed by atoms with Gasteiger partial charge in [0.2, 0.25) is 0 Å². The third-order valence-electron chi connectivity index (χ3n) is 3.89. The van der Waals surface area contributed by atoms with Crippen LogP contribution in [0.5, 0.6) is 0 Å². The molecule has 0 aromatic heterocycles. The summed E-state index contributed by atoms with van der Waals surface area (Å²) in [6.07, 6.45) is 13.8. The molecule has 3 rings (SSSR count). The van der Waals surface area contributed by atoms with Crippen LogP contribution in [-0.4, -0.2) is 5.11 Å². The van der Waals surface area contributed by atoms with Crippen LogP contribution in [-0.2, 0) is 0 Å². The Morgan fingerprint density at radius 2 is 1.83 bits per heavy atom. The number of rotatable bonds is 2. The molecule has 1 nitrogen and oxygen atoms in total. The van der Waals surface area contributed by atoms with Gasteiger partial charge in [0.05, 0.1) is 5.76 Å². The van der Waals surface area contributed by atoms with Crippen LogP contribution in [0, 0.1) is 5.92 Å². The summed E-state index contributed by atoms with van der Waals surface area (Å²) in [6.45, 7) is 7.58. The molecule has 0 saturated carbocycles. The summed E-state index contributed by atoms with van der Waals surface area (Å²) in [5.74, 6) is 0.795. The first-order valence-electron chi connectivity index (χ1n) is 8.14. The predicted molar refractivity (Wildman–Crippen MR) is 106 cm³/mol. The molecule has 0 heterocycles. The first-order chi connectivity index (χ1) is 11.6. The number of fused-ring (bicyclic) bond motifs is 1. The molecule has 0 bridgehead atoms. The third-order valence-corrected chi connectivity index (χ3v) is 3.89. The first-order valence-corrected chi connectivity index (χ1v) is 8.14. The largest absolute Gasteiger partial charge is 0.513 e. The van der Waals surface area contributed by atoms with Gasteiger partial charge in [0.1, 0.15) is 0 Å². The van der Waals surface area contributed by atoms with Crippen molar-refractivity contribution in [1.29, 1.82) is 0 Å². The van der Waals surface area contributed by atoms with E-state index in [0.717, 1.165) is 0 Å². The molecule has 2 aromatic carbocycles. The van der Waals surface area contributed by atoms with Crippen LogP contribution in [0.1, 0.15) is 19.4 Å². The lowest BCUT2D eigenvalue weighted by molar-refractivity contribution is 0.414. The van der Waals surface area contributed by atoms with Gasteiger partial charge in [-0.1, -0.05) is 92.4 Å². The average molecular weight is 316 g/mol. The highest BCUT2D eigenvalue weighted by molar-refractivity contribution is 5.90. The number of aliphatic hydroxyl groups is 1. The van der Waals surface area contributed by atoms with Crippen LogP contribution in [0.25, 0.3) is 16.8 Å². The first kappa shape index (κ1) is 17.6. The number of benzene rings is 2. The van der Waals surface area contributed by atoms with Crippen LogP contribution < -0.4 is 0 Å². The topological polar surface area (TPSA) is 20.2 Å². The molecule has 1 aliphatic rings. The fourth-order valence-electron chi connectivity index (χ4n) is 2.51. The average Bonchev–Trinajstić information content (AvgIpc) is 2.61. The van der Waals surface area contributed by atoms with Crippen LogP contribution >= 0.6 is 0 Å². The van der Waals surface area contributed by atoms with Gasteiger partial charge in [-0.2, -0.15) is 0 Å². The molecule has 0 saturated heterocycles. The Morgan fingerprint density at radius 1 is 1.08 bits per heavy atom. The van der Waals surface area contributed by atoms with Crippen molar-refractivity contribution in [3.63, 3.8) is 0 Å². The van der Waals surface area contributed by atoms with Crippen molar-refractivity contribution in [2.24, 2.45) is 5.92 Å². The van der Waals surface area contributed by atoms with Crippen LogP contribution in [0.4, 0.5) is 0 Å². The lowest BCUT2D eigenvalue weighted by Gasteiger charge is -2.09. The molecular formula is C23H24O. The molecule has 1 aliphatic carbocycles. The molecule has 122 valence electrons. The fourth-order valence-corrected chi connectivity index (χ4v) is 2.51. The summed E-state index contributed by atoms with van der Waals surface area (Å²) in [5.41, 5.74) is 2.43. The van der Waals surface area contributed by atoms with Crippen LogP contribution in [0.3, 0.4) is 0 Å². The van der Waals surface area contributed by atoms with Crippen molar-refractivity contribution >= 4 is 16.8 Å². The van der Waals surface area contributed by atoms with Gasteiger partial charge in [0.15, 0.2) is 0 Å². The summed E-state index contributed by atoms with van der Waals surface area (Å²) in [4.78, 5) is 0. The van der Waals surface area contributed by atoms with Crippen molar-refractivity contribution in [1.82, 2.24) is 0 Å². The Kier molecular flexibility index (Phi) is 6.39. The minimum absolute atomic E-state index is 0.345. The highest BCUT2D eigenvalue weighted by Crippen LogP contribution is 2.19. The van der Waals surface area contributed by atoms with E-state index in [4.69, 9.17) is 5.11 Å². The van der Waals surface area contributed by atoms with Crippen molar-refractivity contribution in [3.8, 4) is 0 Å². The second-order valence-corrected chi connectivity index (χ2v) is 5.78. The number of allylic oxidation sites excluding steroid dienone is 8. The molecule has 2 aromatic rings. The molecule has 1 atom stereocenters. The Hall–Kier alpha value is -2.80. The van der Waals surface area contributed by atoms with Crippen LogP contribution in [0.15, 0.2) is 96.8 Å². The number of aliphatic hydroxyl groups excluding tert-OH is 1. The molecule has 0 radical (unpaired) electrons. The second kappa shape index (κ2) is 8.73. The zero-order valence-electron chi connectivity index (χ0n) is 14.3. The van der Waals surface area contributed by atoms with E-state index in [-0.39, 0.29) is 0 Å². The van der Waals surface area contributed by atoms with Gasteiger partial charge in [-0.3, -0.25) is 0 Å².